The van der Waals surface area contributed by atoms with Gasteiger partial charge in [0, 0.05) is 11.5 Å². The molecule has 0 N–H and O–H groups in total. The van der Waals surface area contributed by atoms with Gasteiger partial charge in [-0.15, -0.1) is 0 Å². The summed E-state index contributed by atoms with van der Waals surface area (Å²) in [6.45, 7) is 6.53. The van der Waals surface area contributed by atoms with Crippen molar-refractivity contribution >= 4 is 0 Å². The first kappa shape index (κ1) is 12.2. The molecule has 0 bridgehead atoms. The molecule has 0 aromatic carbocycles. The second-order valence-corrected chi connectivity index (χ2v) is 6.18. The molecule has 18 heavy (non-hydrogen) atoms. The smallest absolute Gasteiger partial charge is 0.232 e. The lowest BCUT2D eigenvalue weighted by atomic mass is 9.80. The van der Waals surface area contributed by atoms with E-state index < -0.39 is 0 Å². The zero-order valence-electron chi connectivity index (χ0n) is 11.5. The molecule has 2 fully saturated rings. The highest BCUT2D eigenvalue weighted by Crippen LogP contribution is 2.36. The molecule has 1 aromatic rings. The van der Waals surface area contributed by atoms with Gasteiger partial charge in [-0.05, 0) is 45.7 Å². The number of aryl methyl sites for hydroxylation is 1. The predicted molar refractivity (Wildman–Crippen MR) is 69.5 cm³/mol. The molecule has 0 unspecified atom stereocenters. The highest BCUT2D eigenvalue weighted by Gasteiger charge is 2.38. The number of aromatic nitrogens is 2. The molecule has 1 aliphatic heterocycles. The molecular formula is C14H23N3O. The molecule has 0 amide bonds. The van der Waals surface area contributed by atoms with Gasteiger partial charge >= 0.3 is 0 Å². The molecule has 1 saturated carbocycles. The van der Waals surface area contributed by atoms with Crippen molar-refractivity contribution < 1.29 is 4.52 Å². The highest BCUT2D eigenvalue weighted by atomic mass is 16.5. The number of piperidine rings is 1. The third-order valence-electron chi connectivity index (χ3n) is 4.79. The van der Waals surface area contributed by atoms with Crippen molar-refractivity contribution in [1.29, 1.82) is 0 Å². The molecule has 0 radical (unpaired) electrons. The van der Waals surface area contributed by atoms with Crippen molar-refractivity contribution in [3.8, 4) is 0 Å². The molecule has 0 spiro atoms. The van der Waals surface area contributed by atoms with Crippen molar-refractivity contribution in [2.75, 3.05) is 13.1 Å². The van der Waals surface area contributed by atoms with Crippen molar-refractivity contribution in [1.82, 2.24) is 15.0 Å². The van der Waals surface area contributed by atoms with Gasteiger partial charge in [-0.1, -0.05) is 24.9 Å². The van der Waals surface area contributed by atoms with Crippen LogP contribution in [0.5, 0.6) is 0 Å². The third kappa shape index (κ3) is 2.18. The van der Waals surface area contributed by atoms with Crippen molar-refractivity contribution in [2.45, 2.75) is 63.8 Å². The van der Waals surface area contributed by atoms with Gasteiger partial charge in [-0.2, -0.15) is 4.98 Å². The fraction of sp³-hybridized carbons (Fsp3) is 0.857. The summed E-state index contributed by atoms with van der Waals surface area (Å²) in [5, 5.41) is 3.93. The Morgan fingerprint density at radius 1 is 1.22 bits per heavy atom. The SMILES string of the molecule is Cc1noc(C2(C)CCN(C3CCCC3)CC2)n1. The van der Waals surface area contributed by atoms with E-state index in [-0.39, 0.29) is 5.41 Å². The van der Waals surface area contributed by atoms with Crippen LogP contribution in [0.1, 0.15) is 57.2 Å². The monoisotopic (exact) mass is 249 g/mol. The van der Waals surface area contributed by atoms with Crippen LogP contribution in [-0.2, 0) is 5.41 Å². The Labute approximate surface area is 109 Å². The van der Waals surface area contributed by atoms with Crippen LogP contribution in [0.3, 0.4) is 0 Å². The van der Waals surface area contributed by atoms with Gasteiger partial charge in [0.1, 0.15) is 0 Å². The van der Waals surface area contributed by atoms with Crippen LogP contribution in [0, 0.1) is 6.92 Å². The van der Waals surface area contributed by atoms with Crippen molar-refractivity contribution in [2.24, 2.45) is 0 Å². The van der Waals surface area contributed by atoms with E-state index in [0.29, 0.717) is 0 Å². The third-order valence-corrected chi connectivity index (χ3v) is 4.79. The minimum Gasteiger partial charge on any atom is -0.339 e. The van der Waals surface area contributed by atoms with Gasteiger partial charge in [-0.3, -0.25) is 0 Å². The number of likely N-dealkylation sites (tertiary alicyclic amines) is 1. The first-order valence-corrected chi connectivity index (χ1v) is 7.22. The minimum atomic E-state index is 0.0936. The van der Waals surface area contributed by atoms with Gasteiger partial charge in [-0.25, -0.2) is 0 Å². The fourth-order valence-corrected chi connectivity index (χ4v) is 3.41. The van der Waals surface area contributed by atoms with Crippen LogP contribution in [0.4, 0.5) is 0 Å². The molecule has 0 atom stereocenters. The summed E-state index contributed by atoms with van der Waals surface area (Å²) in [6.07, 6.45) is 7.92. The topological polar surface area (TPSA) is 42.2 Å². The molecule has 1 saturated heterocycles. The molecule has 1 aliphatic carbocycles. The Morgan fingerprint density at radius 3 is 2.44 bits per heavy atom. The minimum absolute atomic E-state index is 0.0936. The lowest BCUT2D eigenvalue weighted by molar-refractivity contribution is 0.106. The van der Waals surface area contributed by atoms with Crippen LogP contribution in [0.25, 0.3) is 0 Å². The maximum absolute atomic E-state index is 5.39. The Hall–Kier alpha value is -0.900. The quantitative estimate of drug-likeness (QED) is 0.808. The van der Waals surface area contributed by atoms with E-state index >= 15 is 0 Å². The van der Waals surface area contributed by atoms with E-state index in [1.165, 1.54) is 38.8 Å². The number of nitrogens with zero attached hydrogens (tertiary/aromatic N) is 3. The average Bonchev–Trinajstić information content (AvgIpc) is 3.01. The summed E-state index contributed by atoms with van der Waals surface area (Å²) in [7, 11) is 0. The first-order chi connectivity index (χ1) is 8.67. The summed E-state index contributed by atoms with van der Waals surface area (Å²) in [4.78, 5) is 7.11. The zero-order chi connectivity index (χ0) is 12.6. The predicted octanol–water partition coefficient (Wildman–Crippen LogP) is 2.67. The van der Waals surface area contributed by atoms with Gasteiger partial charge in [0.25, 0.3) is 0 Å². The van der Waals surface area contributed by atoms with Crippen molar-refractivity contribution in [3.63, 3.8) is 0 Å². The Morgan fingerprint density at radius 2 is 1.89 bits per heavy atom. The van der Waals surface area contributed by atoms with Crippen LogP contribution in [-0.4, -0.2) is 34.2 Å². The molecule has 2 aliphatic rings. The van der Waals surface area contributed by atoms with E-state index in [1.54, 1.807) is 0 Å². The normalized spacial score (nSPS) is 25.7. The van der Waals surface area contributed by atoms with Gasteiger partial charge < -0.3 is 9.42 Å². The first-order valence-electron chi connectivity index (χ1n) is 7.22. The molecule has 4 nitrogen and oxygen atoms in total. The van der Waals surface area contributed by atoms with E-state index in [1.807, 2.05) is 6.92 Å². The van der Waals surface area contributed by atoms with Gasteiger partial charge in [0.05, 0.1) is 0 Å². The standard InChI is InChI=1S/C14H23N3O/c1-11-15-13(18-16-11)14(2)7-9-17(10-8-14)12-5-3-4-6-12/h12H,3-10H2,1-2H3. The van der Waals surface area contributed by atoms with Crippen LogP contribution in [0.2, 0.25) is 0 Å². The highest BCUT2D eigenvalue weighted by molar-refractivity contribution is 5.05. The lowest BCUT2D eigenvalue weighted by Crippen LogP contribution is -2.45. The molecule has 2 heterocycles. The number of rotatable bonds is 2. The van der Waals surface area contributed by atoms with Gasteiger partial charge in [0.15, 0.2) is 5.82 Å². The lowest BCUT2D eigenvalue weighted by Gasteiger charge is -2.39. The number of hydrogen-bond donors (Lipinski definition) is 0. The van der Waals surface area contributed by atoms with Gasteiger partial charge in [0.2, 0.25) is 5.89 Å². The zero-order valence-corrected chi connectivity index (χ0v) is 11.5. The molecular weight excluding hydrogens is 226 g/mol. The summed E-state index contributed by atoms with van der Waals surface area (Å²) >= 11 is 0. The maximum atomic E-state index is 5.39. The van der Waals surface area contributed by atoms with Crippen molar-refractivity contribution in [3.05, 3.63) is 11.7 Å². The Bertz CT molecular complexity index is 401. The van der Waals surface area contributed by atoms with Crippen LogP contribution in [0.15, 0.2) is 4.52 Å². The number of hydrogen-bond acceptors (Lipinski definition) is 4. The Kier molecular flexibility index (Phi) is 3.14. The summed E-state index contributed by atoms with van der Waals surface area (Å²) < 4.78 is 5.39. The van der Waals surface area contributed by atoms with E-state index in [4.69, 9.17) is 4.52 Å². The average molecular weight is 249 g/mol. The second-order valence-electron chi connectivity index (χ2n) is 6.18. The molecule has 4 heteroatoms. The molecule has 3 rings (SSSR count). The summed E-state index contributed by atoms with van der Waals surface area (Å²) in [5.41, 5.74) is 0.0936. The summed E-state index contributed by atoms with van der Waals surface area (Å²) in [6, 6.07) is 0.846. The second kappa shape index (κ2) is 4.65. The van der Waals surface area contributed by atoms with Crippen LogP contribution < -0.4 is 0 Å². The Balaban J connectivity index is 1.65. The van der Waals surface area contributed by atoms with E-state index in [0.717, 1.165) is 30.6 Å². The maximum Gasteiger partial charge on any atom is 0.232 e. The van der Waals surface area contributed by atoms with Crippen LogP contribution >= 0.6 is 0 Å². The largest absolute Gasteiger partial charge is 0.339 e. The van der Waals surface area contributed by atoms with E-state index in [9.17, 15) is 0 Å². The van der Waals surface area contributed by atoms with E-state index in [2.05, 4.69) is 22.0 Å². The molecule has 1 aromatic heterocycles. The summed E-state index contributed by atoms with van der Waals surface area (Å²) in [5.74, 6) is 1.59. The molecule has 100 valence electrons. The fourth-order valence-electron chi connectivity index (χ4n) is 3.41.